The second-order valence-corrected chi connectivity index (χ2v) is 4.38. The van der Waals surface area contributed by atoms with Crippen molar-refractivity contribution < 1.29 is 9.18 Å². The predicted octanol–water partition coefficient (Wildman–Crippen LogP) is 3.12. The molecule has 0 amide bonds. The van der Waals surface area contributed by atoms with Gasteiger partial charge in [-0.1, -0.05) is 13.8 Å². The highest BCUT2D eigenvalue weighted by Gasteiger charge is 2.37. The zero-order chi connectivity index (χ0) is 11.8. The zero-order valence-electron chi connectivity index (χ0n) is 9.64. The molecule has 0 bridgehead atoms. The van der Waals surface area contributed by atoms with E-state index in [1.165, 1.54) is 6.07 Å². The molecule has 1 aromatic rings. The van der Waals surface area contributed by atoms with Gasteiger partial charge in [0.1, 0.15) is 12.1 Å². The lowest BCUT2D eigenvalue weighted by Crippen LogP contribution is -2.26. The summed E-state index contributed by atoms with van der Waals surface area (Å²) in [6.45, 7) is 4.96. The summed E-state index contributed by atoms with van der Waals surface area (Å²) >= 11 is 0. The number of aldehydes is 1. The van der Waals surface area contributed by atoms with Crippen LogP contribution >= 0.6 is 0 Å². The van der Waals surface area contributed by atoms with E-state index in [0.717, 1.165) is 24.9 Å². The first-order chi connectivity index (χ1) is 7.66. The van der Waals surface area contributed by atoms with E-state index in [2.05, 4.69) is 19.2 Å². The van der Waals surface area contributed by atoms with E-state index >= 15 is 0 Å². The topological polar surface area (TPSA) is 29.1 Å². The second-order valence-electron chi connectivity index (χ2n) is 4.38. The zero-order valence-corrected chi connectivity index (χ0v) is 9.64. The monoisotopic (exact) mass is 221 g/mol. The molecule has 86 valence electrons. The standard InChI is InChI=1S/C13H16FNO/c1-3-13(4-2)8-15-12-10(13)5-9(7-16)6-11(12)14/h5-7,15H,3-4,8H2,1-2H3. The van der Waals surface area contributed by atoms with Crippen molar-refractivity contribution in [3.8, 4) is 0 Å². The van der Waals surface area contributed by atoms with Crippen molar-refractivity contribution in [1.82, 2.24) is 0 Å². The minimum Gasteiger partial charge on any atom is -0.382 e. The van der Waals surface area contributed by atoms with Crippen LogP contribution in [-0.2, 0) is 5.41 Å². The number of anilines is 1. The van der Waals surface area contributed by atoms with Crippen LogP contribution in [0.5, 0.6) is 0 Å². The van der Waals surface area contributed by atoms with Crippen LogP contribution in [0.15, 0.2) is 12.1 Å². The lowest BCUT2D eigenvalue weighted by Gasteiger charge is -2.26. The van der Waals surface area contributed by atoms with Crippen LogP contribution in [0.4, 0.5) is 10.1 Å². The second kappa shape index (κ2) is 3.89. The number of hydrogen-bond donors (Lipinski definition) is 1. The van der Waals surface area contributed by atoms with Crippen LogP contribution in [0.1, 0.15) is 42.6 Å². The summed E-state index contributed by atoms with van der Waals surface area (Å²) < 4.78 is 13.7. The van der Waals surface area contributed by atoms with Gasteiger partial charge in [0.05, 0.1) is 5.69 Å². The molecule has 1 aliphatic heterocycles. The number of carbonyl (C=O) groups excluding carboxylic acids is 1. The molecular weight excluding hydrogens is 205 g/mol. The highest BCUT2D eigenvalue weighted by molar-refractivity contribution is 5.78. The molecule has 1 heterocycles. The summed E-state index contributed by atoms with van der Waals surface area (Å²) in [7, 11) is 0. The fourth-order valence-corrected chi connectivity index (χ4v) is 2.53. The van der Waals surface area contributed by atoms with Crippen molar-refractivity contribution in [3.05, 3.63) is 29.1 Å². The normalized spacial score (nSPS) is 16.7. The molecule has 0 saturated heterocycles. The molecule has 0 saturated carbocycles. The smallest absolute Gasteiger partial charge is 0.150 e. The minimum atomic E-state index is -0.316. The molecule has 1 aliphatic rings. The van der Waals surface area contributed by atoms with E-state index in [1.54, 1.807) is 0 Å². The van der Waals surface area contributed by atoms with Crippen molar-refractivity contribution in [2.45, 2.75) is 32.1 Å². The Hall–Kier alpha value is -1.38. The van der Waals surface area contributed by atoms with Gasteiger partial charge in [-0.3, -0.25) is 4.79 Å². The van der Waals surface area contributed by atoms with Crippen molar-refractivity contribution in [2.75, 3.05) is 11.9 Å². The Morgan fingerprint density at radius 1 is 1.44 bits per heavy atom. The Kier molecular flexibility index (Phi) is 2.70. The largest absolute Gasteiger partial charge is 0.382 e. The Morgan fingerprint density at radius 3 is 2.69 bits per heavy atom. The van der Waals surface area contributed by atoms with Crippen LogP contribution in [0.25, 0.3) is 0 Å². The third kappa shape index (κ3) is 1.42. The molecule has 0 fully saturated rings. The Balaban J connectivity index is 2.61. The Labute approximate surface area is 94.9 Å². The minimum absolute atomic E-state index is 0.0187. The van der Waals surface area contributed by atoms with Gasteiger partial charge in [0.15, 0.2) is 0 Å². The molecule has 0 aromatic heterocycles. The van der Waals surface area contributed by atoms with Gasteiger partial charge in [-0.15, -0.1) is 0 Å². The van der Waals surface area contributed by atoms with Gasteiger partial charge in [0.2, 0.25) is 0 Å². The summed E-state index contributed by atoms with van der Waals surface area (Å²) in [5, 5.41) is 3.12. The molecule has 0 spiro atoms. The van der Waals surface area contributed by atoms with Gasteiger partial charge in [-0.25, -0.2) is 4.39 Å². The fourth-order valence-electron chi connectivity index (χ4n) is 2.53. The number of rotatable bonds is 3. The molecule has 1 N–H and O–H groups in total. The van der Waals surface area contributed by atoms with E-state index in [0.29, 0.717) is 17.5 Å². The maximum Gasteiger partial charge on any atom is 0.150 e. The third-order valence-electron chi connectivity index (χ3n) is 3.78. The van der Waals surface area contributed by atoms with Gasteiger partial charge in [0, 0.05) is 17.5 Å². The Morgan fingerprint density at radius 2 is 2.12 bits per heavy atom. The summed E-state index contributed by atoms with van der Waals surface area (Å²) in [5.41, 5.74) is 1.94. The number of hydrogen-bond acceptors (Lipinski definition) is 2. The summed E-state index contributed by atoms with van der Waals surface area (Å²) in [4.78, 5) is 10.8. The number of nitrogens with one attached hydrogen (secondary N) is 1. The lowest BCUT2D eigenvalue weighted by molar-refractivity contribution is 0.112. The van der Waals surface area contributed by atoms with E-state index in [1.807, 2.05) is 6.07 Å². The lowest BCUT2D eigenvalue weighted by atomic mass is 9.77. The third-order valence-corrected chi connectivity index (χ3v) is 3.78. The average Bonchev–Trinajstić information content (AvgIpc) is 2.69. The first-order valence-corrected chi connectivity index (χ1v) is 5.70. The summed E-state index contributed by atoms with van der Waals surface area (Å²) in [6, 6.07) is 3.11. The van der Waals surface area contributed by atoms with Gasteiger partial charge in [-0.2, -0.15) is 0 Å². The molecular formula is C13H16FNO. The summed E-state index contributed by atoms with van der Waals surface area (Å²) in [5.74, 6) is -0.316. The molecule has 16 heavy (non-hydrogen) atoms. The van der Waals surface area contributed by atoms with Crippen LogP contribution in [0.3, 0.4) is 0 Å². The highest BCUT2D eigenvalue weighted by atomic mass is 19.1. The Bertz CT molecular complexity index is 424. The quantitative estimate of drug-likeness (QED) is 0.794. The number of fused-ring (bicyclic) bond motifs is 1. The van der Waals surface area contributed by atoms with Crippen LogP contribution in [0.2, 0.25) is 0 Å². The molecule has 0 unspecified atom stereocenters. The van der Waals surface area contributed by atoms with Gasteiger partial charge >= 0.3 is 0 Å². The van der Waals surface area contributed by atoms with Crippen LogP contribution in [-0.4, -0.2) is 12.8 Å². The fraction of sp³-hybridized carbons (Fsp3) is 0.462. The first kappa shape index (κ1) is 11.1. The SMILES string of the molecule is CCC1(CC)CNc2c(F)cc(C=O)cc21. The molecule has 1 aromatic carbocycles. The first-order valence-electron chi connectivity index (χ1n) is 5.70. The van der Waals surface area contributed by atoms with Crippen molar-refractivity contribution >= 4 is 12.0 Å². The number of benzene rings is 1. The molecule has 0 aliphatic carbocycles. The molecule has 3 heteroatoms. The molecule has 2 rings (SSSR count). The van der Waals surface area contributed by atoms with Gasteiger partial charge in [-0.05, 0) is 30.5 Å². The molecule has 0 atom stereocenters. The average molecular weight is 221 g/mol. The van der Waals surface area contributed by atoms with Crippen molar-refractivity contribution in [2.24, 2.45) is 0 Å². The van der Waals surface area contributed by atoms with E-state index in [4.69, 9.17) is 0 Å². The van der Waals surface area contributed by atoms with Gasteiger partial charge in [0.25, 0.3) is 0 Å². The van der Waals surface area contributed by atoms with E-state index in [-0.39, 0.29) is 11.2 Å². The van der Waals surface area contributed by atoms with Crippen LogP contribution in [0, 0.1) is 5.82 Å². The van der Waals surface area contributed by atoms with E-state index < -0.39 is 0 Å². The maximum absolute atomic E-state index is 13.7. The van der Waals surface area contributed by atoms with Crippen LogP contribution < -0.4 is 5.32 Å². The van der Waals surface area contributed by atoms with Gasteiger partial charge < -0.3 is 5.32 Å². The van der Waals surface area contributed by atoms with Crippen molar-refractivity contribution in [1.29, 1.82) is 0 Å². The molecule has 0 radical (unpaired) electrons. The maximum atomic E-state index is 13.7. The predicted molar refractivity (Wildman–Crippen MR) is 62.5 cm³/mol. The highest BCUT2D eigenvalue weighted by Crippen LogP contribution is 2.43. The summed E-state index contributed by atoms with van der Waals surface area (Å²) in [6.07, 6.45) is 2.61. The number of carbonyl (C=O) groups is 1. The van der Waals surface area contributed by atoms with Crippen molar-refractivity contribution in [3.63, 3.8) is 0 Å². The van der Waals surface area contributed by atoms with E-state index in [9.17, 15) is 9.18 Å². The number of halogens is 1. The molecule has 2 nitrogen and oxygen atoms in total.